The molecule has 17 heavy (non-hydrogen) atoms. The number of rotatable bonds is 5. The minimum absolute atomic E-state index is 0.164. The van der Waals surface area contributed by atoms with Gasteiger partial charge in [0, 0.05) is 19.3 Å². The summed E-state index contributed by atoms with van der Waals surface area (Å²) >= 11 is 0. The van der Waals surface area contributed by atoms with Gasteiger partial charge in [0.15, 0.2) is 0 Å². The molecule has 0 aliphatic heterocycles. The van der Waals surface area contributed by atoms with Crippen LogP contribution in [-0.2, 0) is 24.0 Å². The van der Waals surface area contributed by atoms with Crippen molar-refractivity contribution in [2.24, 2.45) is 5.73 Å². The van der Waals surface area contributed by atoms with Crippen molar-refractivity contribution in [2.75, 3.05) is 13.7 Å². The van der Waals surface area contributed by atoms with Crippen LogP contribution in [0.4, 0.5) is 0 Å². The Morgan fingerprint density at radius 1 is 1.29 bits per heavy atom. The normalized spacial score (nSPS) is 17.8. The van der Waals surface area contributed by atoms with Gasteiger partial charge in [-0.1, -0.05) is 18.2 Å². The molecule has 0 saturated carbocycles. The van der Waals surface area contributed by atoms with Crippen LogP contribution in [0.1, 0.15) is 36.5 Å². The van der Waals surface area contributed by atoms with E-state index < -0.39 is 0 Å². The zero-order valence-corrected chi connectivity index (χ0v) is 11.0. The Labute approximate surface area is 104 Å². The van der Waals surface area contributed by atoms with Gasteiger partial charge < -0.3 is 10.5 Å². The molecule has 0 spiro atoms. The number of aryl methyl sites for hydroxylation is 2. The summed E-state index contributed by atoms with van der Waals surface area (Å²) in [5, 5.41) is 0. The summed E-state index contributed by atoms with van der Waals surface area (Å²) in [6.45, 7) is 2.84. The summed E-state index contributed by atoms with van der Waals surface area (Å²) in [7, 11) is 1.73. The molecular weight excluding hydrogens is 210 g/mol. The Kier molecular flexibility index (Phi) is 3.85. The summed E-state index contributed by atoms with van der Waals surface area (Å²) in [6.07, 6.45) is 5.63. The number of ether oxygens (including phenoxy) is 1. The molecule has 1 aromatic carbocycles. The number of nitrogens with two attached hydrogens (primary N) is 1. The molecule has 0 radical (unpaired) electrons. The lowest BCUT2D eigenvalue weighted by atomic mass is 9.90. The fourth-order valence-corrected chi connectivity index (χ4v) is 2.63. The van der Waals surface area contributed by atoms with Gasteiger partial charge in [0.1, 0.15) is 0 Å². The molecule has 1 atom stereocenters. The first kappa shape index (κ1) is 12.6. The maximum Gasteiger partial charge on any atom is 0.0479 e. The lowest BCUT2D eigenvalue weighted by Crippen LogP contribution is -2.39. The molecule has 0 amide bonds. The van der Waals surface area contributed by atoms with E-state index in [9.17, 15) is 0 Å². The lowest BCUT2D eigenvalue weighted by Gasteiger charge is -2.24. The summed E-state index contributed by atoms with van der Waals surface area (Å²) < 4.78 is 5.11. The second kappa shape index (κ2) is 5.19. The SMILES string of the molecule is COCCC(C)(N)Cc1ccc2c(c1)CCC2. The Bertz CT molecular complexity index is 385. The number of benzene rings is 1. The van der Waals surface area contributed by atoms with E-state index in [0.29, 0.717) is 0 Å². The van der Waals surface area contributed by atoms with E-state index in [4.69, 9.17) is 10.5 Å². The quantitative estimate of drug-likeness (QED) is 0.848. The zero-order valence-electron chi connectivity index (χ0n) is 11.0. The largest absolute Gasteiger partial charge is 0.385 e. The first-order valence-electron chi connectivity index (χ1n) is 6.49. The van der Waals surface area contributed by atoms with Crippen molar-refractivity contribution < 1.29 is 4.74 Å². The molecular formula is C15H23NO. The first-order valence-corrected chi connectivity index (χ1v) is 6.49. The smallest absolute Gasteiger partial charge is 0.0479 e. The first-order chi connectivity index (χ1) is 8.11. The third-order valence-electron chi connectivity index (χ3n) is 3.65. The molecule has 1 aliphatic rings. The third-order valence-corrected chi connectivity index (χ3v) is 3.65. The van der Waals surface area contributed by atoms with Crippen molar-refractivity contribution >= 4 is 0 Å². The van der Waals surface area contributed by atoms with Crippen LogP contribution in [0.5, 0.6) is 0 Å². The van der Waals surface area contributed by atoms with E-state index in [2.05, 4.69) is 25.1 Å². The zero-order chi connectivity index (χ0) is 12.3. The van der Waals surface area contributed by atoms with Gasteiger partial charge in [0.25, 0.3) is 0 Å². The molecule has 0 bridgehead atoms. The molecule has 1 aliphatic carbocycles. The predicted octanol–water partition coefficient (Wildman–Crippen LogP) is 2.47. The molecule has 0 aromatic heterocycles. The summed E-state index contributed by atoms with van der Waals surface area (Å²) in [5.74, 6) is 0. The maximum atomic E-state index is 6.30. The van der Waals surface area contributed by atoms with Crippen molar-refractivity contribution in [2.45, 2.75) is 44.6 Å². The molecule has 2 rings (SSSR count). The van der Waals surface area contributed by atoms with Crippen LogP contribution in [0.3, 0.4) is 0 Å². The van der Waals surface area contributed by atoms with E-state index in [-0.39, 0.29) is 5.54 Å². The van der Waals surface area contributed by atoms with Crippen molar-refractivity contribution in [1.82, 2.24) is 0 Å². The van der Waals surface area contributed by atoms with Crippen molar-refractivity contribution in [3.8, 4) is 0 Å². The van der Waals surface area contributed by atoms with Crippen LogP contribution in [0.15, 0.2) is 18.2 Å². The predicted molar refractivity (Wildman–Crippen MR) is 71.3 cm³/mol. The Morgan fingerprint density at radius 2 is 2.06 bits per heavy atom. The minimum atomic E-state index is -0.164. The second-order valence-electron chi connectivity index (χ2n) is 5.53. The fourth-order valence-electron chi connectivity index (χ4n) is 2.63. The monoisotopic (exact) mass is 233 g/mol. The summed E-state index contributed by atoms with van der Waals surface area (Å²) in [4.78, 5) is 0. The Morgan fingerprint density at radius 3 is 2.82 bits per heavy atom. The Balaban J connectivity index is 2.03. The number of hydrogen-bond acceptors (Lipinski definition) is 2. The average molecular weight is 233 g/mol. The molecule has 1 unspecified atom stereocenters. The molecule has 2 nitrogen and oxygen atoms in total. The van der Waals surface area contributed by atoms with Gasteiger partial charge >= 0.3 is 0 Å². The van der Waals surface area contributed by atoms with Gasteiger partial charge in [-0.05, 0) is 55.7 Å². The topological polar surface area (TPSA) is 35.2 Å². The molecule has 94 valence electrons. The molecule has 1 aromatic rings. The standard InChI is InChI=1S/C15H23NO/c1-15(16,8-9-17-2)11-12-6-7-13-4-3-5-14(13)10-12/h6-7,10H,3-5,8-9,11,16H2,1-2H3. The van der Waals surface area contributed by atoms with Crippen LogP contribution in [0, 0.1) is 0 Å². The van der Waals surface area contributed by atoms with E-state index in [0.717, 1.165) is 19.4 Å². The van der Waals surface area contributed by atoms with E-state index in [1.165, 1.54) is 36.0 Å². The van der Waals surface area contributed by atoms with Crippen LogP contribution in [0.25, 0.3) is 0 Å². The van der Waals surface area contributed by atoms with Gasteiger partial charge in [0.2, 0.25) is 0 Å². The van der Waals surface area contributed by atoms with Gasteiger partial charge in [-0.2, -0.15) is 0 Å². The molecule has 2 heteroatoms. The minimum Gasteiger partial charge on any atom is -0.385 e. The van der Waals surface area contributed by atoms with Crippen LogP contribution in [0.2, 0.25) is 0 Å². The van der Waals surface area contributed by atoms with Gasteiger partial charge in [-0.15, -0.1) is 0 Å². The third kappa shape index (κ3) is 3.30. The molecule has 0 saturated heterocycles. The number of methoxy groups -OCH3 is 1. The van der Waals surface area contributed by atoms with Crippen molar-refractivity contribution in [3.05, 3.63) is 34.9 Å². The second-order valence-corrected chi connectivity index (χ2v) is 5.53. The summed E-state index contributed by atoms with van der Waals surface area (Å²) in [5.41, 5.74) is 10.6. The number of hydrogen-bond donors (Lipinski definition) is 1. The fraction of sp³-hybridized carbons (Fsp3) is 0.600. The highest BCUT2D eigenvalue weighted by molar-refractivity contribution is 5.35. The highest BCUT2D eigenvalue weighted by Gasteiger charge is 2.20. The van der Waals surface area contributed by atoms with Gasteiger partial charge in [-0.3, -0.25) is 0 Å². The lowest BCUT2D eigenvalue weighted by molar-refractivity contribution is 0.171. The highest BCUT2D eigenvalue weighted by Crippen LogP contribution is 2.24. The molecule has 2 N–H and O–H groups in total. The molecule has 0 heterocycles. The summed E-state index contributed by atoms with van der Waals surface area (Å²) in [6, 6.07) is 6.87. The van der Waals surface area contributed by atoms with Crippen LogP contribution in [-0.4, -0.2) is 19.3 Å². The van der Waals surface area contributed by atoms with Crippen LogP contribution >= 0.6 is 0 Å². The van der Waals surface area contributed by atoms with E-state index in [1.807, 2.05) is 0 Å². The van der Waals surface area contributed by atoms with Crippen molar-refractivity contribution in [3.63, 3.8) is 0 Å². The van der Waals surface area contributed by atoms with Crippen LogP contribution < -0.4 is 5.73 Å². The Hall–Kier alpha value is -0.860. The maximum absolute atomic E-state index is 6.30. The van der Waals surface area contributed by atoms with Gasteiger partial charge in [-0.25, -0.2) is 0 Å². The van der Waals surface area contributed by atoms with Gasteiger partial charge in [0.05, 0.1) is 0 Å². The average Bonchev–Trinajstić information content (AvgIpc) is 2.73. The number of fused-ring (bicyclic) bond motifs is 1. The van der Waals surface area contributed by atoms with Crippen molar-refractivity contribution in [1.29, 1.82) is 0 Å². The van der Waals surface area contributed by atoms with E-state index in [1.54, 1.807) is 7.11 Å². The van der Waals surface area contributed by atoms with E-state index >= 15 is 0 Å². The molecule has 0 fully saturated rings. The highest BCUT2D eigenvalue weighted by atomic mass is 16.5.